The molecule has 2 heterocycles. The number of carbonyl (C=O) groups is 3. The third kappa shape index (κ3) is 3.94. The Labute approximate surface area is 132 Å². The number of piperazine rings is 1. The van der Waals surface area contributed by atoms with Crippen LogP contribution in [0.15, 0.2) is 0 Å². The maximum atomic E-state index is 12.6. The van der Waals surface area contributed by atoms with Gasteiger partial charge >= 0.3 is 6.18 Å². The number of halogens is 3. The Bertz CT molecular complexity index is 523. The Balaban J connectivity index is 1.98. The number of likely N-dealkylation sites (tertiary alicyclic amines) is 1. The van der Waals surface area contributed by atoms with E-state index in [4.69, 9.17) is 0 Å². The normalized spacial score (nSPS) is 26.0. The molecule has 0 aromatic rings. The molecule has 2 fully saturated rings. The summed E-state index contributed by atoms with van der Waals surface area (Å²) in [5, 5.41) is 0. The van der Waals surface area contributed by atoms with Gasteiger partial charge in [-0.2, -0.15) is 13.2 Å². The van der Waals surface area contributed by atoms with Crippen LogP contribution >= 0.6 is 0 Å². The summed E-state index contributed by atoms with van der Waals surface area (Å²) in [6.07, 6.45) is -3.95. The molecule has 6 nitrogen and oxygen atoms in total. The van der Waals surface area contributed by atoms with Crippen LogP contribution in [-0.4, -0.2) is 77.9 Å². The Morgan fingerprint density at radius 1 is 1.17 bits per heavy atom. The van der Waals surface area contributed by atoms with Gasteiger partial charge in [0.15, 0.2) is 0 Å². The summed E-state index contributed by atoms with van der Waals surface area (Å²) in [5.74, 6) is -1.10. The minimum atomic E-state index is -4.44. The van der Waals surface area contributed by atoms with Crippen LogP contribution in [-0.2, 0) is 14.4 Å². The zero-order valence-electron chi connectivity index (χ0n) is 13.2. The summed E-state index contributed by atoms with van der Waals surface area (Å²) in [5.41, 5.74) is -0.780. The summed E-state index contributed by atoms with van der Waals surface area (Å²) >= 11 is 0. The molecule has 1 unspecified atom stereocenters. The van der Waals surface area contributed by atoms with Gasteiger partial charge in [-0.25, -0.2) is 0 Å². The number of rotatable bonds is 2. The molecule has 0 saturated carbocycles. The third-order valence-corrected chi connectivity index (χ3v) is 4.41. The average Bonchev–Trinajstić information content (AvgIpc) is 2.83. The van der Waals surface area contributed by atoms with E-state index >= 15 is 0 Å². The molecule has 2 saturated heterocycles. The topological polar surface area (TPSA) is 60.9 Å². The molecule has 3 amide bonds. The molecule has 0 aromatic carbocycles. The highest BCUT2D eigenvalue weighted by Gasteiger charge is 2.45. The number of hydrogen-bond acceptors (Lipinski definition) is 3. The number of hydrogen-bond donors (Lipinski definition) is 0. The fraction of sp³-hybridized carbons (Fsp3) is 0.786. The Morgan fingerprint density at radius 3 is 2.30 bits per heavy atom. The van der Waals surface area contributed by atoms with Gasteiger partial charge in [-0.3, -0.25) is 14.4 Å². The SMILES string of the molecule is CC(=O)N1CCC(C)(C(=O)N2CCN(CC(F)(F)F)C(=O)C2)C1. The fourth-order valence-corrected chi connectivity index (χ4v) is 3.05. The van der Waals surface area contributed by atoms with E-state index in [-0.39, 0.29) is 38.0 Å². The van der Waals surface area contributed by atoms with E-state index in [1.54, 1.807) is 11.8 Å². The minimum absolute atomic E-state index is 0.0797. The molecule has 130 valence electrons. The molecule has 0 bridgehead atoms. The van der Waals surface area contributed by atoms with Gasteiger partial charge in [0.05, 0.1) is 12.0 Å². The standard InChI is InChI=1S/C14H20F3N3O3/c1-10(21)19-4-3-13(2,8-19)12(23)18-5-6-20(11(22)7-18)9-14(15,16)17/h3-9H2,1-2H3. The molecule has 2 rings (SSSR count). The van der Waals surface area contributed by atoms with Gasteiger partial charge in [-0.05, 0) is 13.3 Å². The van der Waals surface area contributed by atoms with Crippen LogP contribution < -0.4 is 0 Å². The predicted molar refractivity (Wildman–Crippen MR) is 74.2 cm³/mol. The first kappa shape index (κ1) is 17.6. The molecular formula is C14H20F3N3O3. The number of nitrogens with zero attached hydrogens (tertiary/aromatic N) is 3. The summed E-state index contributed by atoms with van der Waals surface area (Å²) in [4.78, 5) is 39.5. The van der Waals surface area contributed by atoms with Crippen LogP contribution in [0.25, 0.3) is 0 Å². The second-order valence-corrected chi connectivity index (χ2v) is 6.41. The van der Waals surface area contributed by atoms with Crippen LogP contribution in [0.3, 0.4) is 0 Å². The Morgan fingerprint density at radius 2 is 1.83 bits per heavy atom. The van der Waals surface area contributed by atoms with E-state index in [0.717, 1.165) is 4.90 Å². The van der Waals surface area contributed by atoms with Gasteiger partial charge < -0.3 is 14.7 Å². The lowest BCUT2D eigenvalue weighted by Crippen LogP contribution is -2.57. The van der Waals surface area contributed by atoms with Crippen LogP contribution in [0.1, 0.15) is 20.3 Å². The zero-order chi connectivity index (χ0) is 17.4. The van der Waals surface area contributed by atoms with E-state index in [1.807, 2.05) is 0 Å². The summed E-state index contributed by atoms with van der Waals surface area (Å²) in [6, 6.07) is 0. The van der Waals surface area contributed by atoms with E-state index in [1.165, 1.54) is 11.8 Å². The van der Waals surface area contributed by atoms with Crippen molar-refractivity contribution in [3.05, 3.63) is 0 Å². The molecule has 1 atom stereocenters. The predicted octanol–water partition coefficient (Wildman–Crippen LogP) is 0.478. The molecule has 0 N–H and O–H groups in total. The summed E-state index contributed by atoms with van der Waals surface area (Å²) in [6.45, 7) is 2.22. The number of alkyl halides is 3. The average molecular weight is 335 g/mol. The lowest BCUT2D eigenvalue weighted by molar-refractivity contribution is -0.168. The first-order chi connectivity index (χ1) is 10.5. The number of carbonyl (C=O) groups excluding carboxylic acids is 3. The lowest BCUT2D eigenvalue weighted by atomic mass is 9.87. The van der Waals surface area contributed by atoms with E-state index < -0.39 is 24.0 Å². The summed E-state index contributed by atoms with van der Waals surface area (Å²) in [7, 11) is 0. The van der Waals surface area contributed by atoms with Crippen LogP contribution in [0.4, 0.5) is 13.2 Å². The summed E-state index contributed by atoms with van der Waals surface area (Å²) < 4.78 is 37.1. The van der Waals surface area contributed by atoms with Crippen molar-refractivity contribution < 1.29 is 27.6 Å². The van der Waals surface area contributed by atoms with Gasteiger partial charge in [0, 0.05) is 33.1 Å². The van der Waals surface area contributed by atoms with Gasteiger partial charge in [0.25, 0.3) is 0 Å². The van der Waals surface area contributed by atoms with Crippen molar-refractivity contribution >= 4 is 17.7 Å². The molecule has 2 aliphatic heterocycles. The van der Waals surface area contributed by atoms with E-state index in [9.17, 15) is 27.6 Å². The maximum absolute atomic E-state index is 12.6. The molecule has 9 heteroatoms. The van der Waals surface area contributed by atoms with Crippen molar-refractivity contribution in [2.75, 3.05) is 39.3 Å². The van der Waals surface area contributed by atoms with Crippen LogP contribution in [0.5, 0.6) is 0 Å². The highest BCUT2D eigenvalue weighted by Crippen LogP contribution is 2.32. The molecule has 0 spiro atoms. The highest BCUT2D eigenvalue weighted by molar-refractivity contribution is 5.89. The third-order valence-electron chi connectivity index (χ3n) is 4.41. The fourth-order valence-electron chi connectivity index (χ4n) is 3.05. The van der Waals surface area contributed by atoms with Gasteiger partial charge in [-0.1, -0.05) is 0 Å². The van der Waals surface area contributed by atoms with Gasteiger partial charge in [0.1, 0.15) is 6.54 Å². The van der Waals surface area contributed by atoms with E-state index in [0.29, 0.717) is 13.0 Å². The lowest BCUT2D eigenvalue weighted by Gasteiger charge is -2.38. The molecule has 0 aliphatic carbocycles. The number of amides is 3. The first-order valence-corrected chi connectivity index (χ1v) is 7.41. The zero-order valence-corrected chi connectivity index (χ0v) is 13.2. The van der Waals surface area contributed by atoms with Crippen LogP contribution in [0.2, 0.25) is 0 Å². The van der Waals surface area contributed by atoms with Crippen molar-refractivity contribution in [2.24, 2.45) is 5.41 Å². The van der Waals surface area contributed by atoms with Crippen molar-refractivity contribution in [2.45, 2.75) is 26.4 Å². The molecule has 0 radical (unpaired) electrons. The van der Waals surface area contributed by atoms with Crippen molar-refractivity contribution in [1.29, 1.82) is 0 Å². The van der Waals surface area contributed by atoms with Crippen LogP contribution in [0, 0.1) is 5.41 Å². The van der Waals surface area contributed by atoms with Crippen molar-refractivity contribution in [3.63, 3.8) is 0 Å². The molecular weight excluding hydrogens is 315 g/mol. The van der Waals surface area contributed by atoms with Crippen molar-refractivity contribution in [1.82, 2.24) is 14.7 Å². The second kappa shape index (κ2) is 6.01. The van der Waals surface area contributed by atoms with Gasteiger partial charge in [0.2, 0.25) is 17.7 Å². The smallest absolute Gasteiger partial charge is 0.342 e. The highest BCUT2D eigenvalue weighted by atomic mass is 19.4. The largest absolute Gasteiger partial charge is 0.406 e. The Hall–Kier alpha value is -1.80. The maximum Gasteiger partial charge on any atom is 0.406 e. The van der Waals surface area contributed by atoms with Crippen molar-refractivity contribution in [3.8, 4) is 0 Å². The molecule has 23 heavy (non-hydrogen) atoms. The molecule has 0 aromatic heterocycles. The molecule has 2 aliphatic rings. The van der Waals surface area contributed by atoms with Gasteiger partial charge in [-0.15, -0.1) is 0 Å². The monoisotopic (exact) mass is 335 g/mol. The quantitative estimate of drug-likeness (QED) is 0.737. The van der Waals surface area contributed by atoms with E-state index in [2.05, 4.69) is 0 Å². The first-order valence-electron chi connectivity index (χ1n) is 7.41. The minimum Gasteiger partial charge on any atom is -0.342 e. The second-order valence-electron chi connectivity index (χ2n) is 6.41. The Kier molecular flexibility index (Phi) is 4.59.